The normalized spacial score (nSPS) is 32.5. The number of nitrogens with zero attached hydrogens (tertiary/aromatic N) is 2. The molecule has 4 aliphatic rings. The van der Waals surface area contributed by atoms with Gasteiger partial charge < -0.3 is 5.32 Å². The molecule has 4 bridgehead atoms. The molecule has 4 atom stereocenters. The highest BCUT2D eigenvalue weighted by atomic mass is 79.9. The second-order valence-corrected chi connectivity index (χ2v) is 13.4. The van der Waals surface area contributed by atoms with Gasteiger partial charge in [-0.3, -0.25) is 4.79 Å². The van der Waals surface area contributed by atoms with E-state index in [4.69, 9.17) is 11.6 Å². The van der Waals surface area contributed by atoms with Gasteiger partial charge >= 0.3 is 0 Å². The van der Waals surface area contributed by atoms with Gasteiger partial charge in [0.15, 0.2) is 4.34 Å². The van der Waals surface area contributed by atoms with Gasteiger partial charge in [-0.25, -0.2) is 0 Å². The third-order valence-corrected chi connectivity index (χ3v) is 9.80. The van der Waals surface area contributed by atoms with E-state index in [1.54, 1.807) is 11.8 Å². The number of hydrogen-bond donors (Lipinski definition) is 1. The fraction of sp³-hybridized carbons (Fsp3) is 0.571. The molecule has 154 valence electrons. The molecule has 4 fully saturated rings. The van der Waals surface area contributed by atoms with Gasteiger partial charge in [-0.1, -0.05) is 62.8 Å². The molecule has 1 amide bonds. The quantitative estimate of drug-likeness (QED) is 0.271. The first-order valence-corrected chi connectivity index (χ1v) is 13.1. The van der Waals surface area contributed by atoms with E-state index >= 15 is 0 Å². The lowest BCUT2D eigenvalue weighted by Crippen LogP contribution is -2.53. The molecule has 4 nitrogen and oxygen atoms in total. The van der Waals surface area contributed by atoms with Crippen LogP contribution >= 0.6 is 50.6 Å². The fourth-order valence-corrected chi connectivity index (χ4v) is 9.45. The van der Waals surface area contributed by atoms with Crippen LogP contribution in [0.4, 0.5) is 5.13 Å². The highest BCUT2D eigenvalue weighted by molar-refractivity contribution is 9.10. The van der Waals surface area contributed by atoms with Gasteiger partial charge in [0.25, 0.3) is 0 Å². The number of carbonyl (C=O) groups is 1. The molecule has 2 aromatic rings. The number of thioether (sulfide) groups is 1. The number of halogens is 2. The molecule has 0 spiro atoms. The van der Waals surface area contributed by atoms with Crippen LogP contribution in [0, 0.1) is 17.3 Å². The summed E-state index contributed by atoms with van der Waals surface area (Å²) in [5, 5.41) is 12.8. The van der Waals surface area contributed by atoms with Gasteiger partial charge in [0.2, 0.25) is 11.0 Å². The summed E-state index contributed by atoms with van der Waals surface area (Å²) < 4.78 is 1.15. The summed E-state index contributed by atoms with van der Waals surface area (Å²) in [7, 11) is 0. The number of alkyl halides is 1. The topological polar surface area (TPSA) is 54.9 Å². The Morgan fingerprint density at radius 2 is 1.93 bits per heavy atom. The molecule has 6 rings (SSSR count). The Balaban J connectivity index is 1.17. The average Bonchev–Trinajstić information content (AvgIpc) is 3.05. The van der Waals surface area contributed by atoms with E-state index in [-0.39, 0.29) is 15.6 Å². The molecule has 0 saturated heterocycles. The molecule has 2 unspecified atom stereocenters. The maximum absolute atomic E-state index is 12.8. The third kappa shape index (κ3) is 4.53. The minimum atomic E-state index is 0.0912. The Bertz CT molecular complexity index is 905. The number of hydrogen-bond acceptors (Lipinski definition) is 5. The number of aromatic nitrogens is 2. The predicted molar refractivity (Wildman–Crippen MR) is 123 cm³/mol. The Labute approximate surface area is 192 Å². The summed E-state index contributed by atoms with van der Waals surface area (Å²) >= 11 is 13.0. The molecule has 8 heteroatoms. The summed E-state index contributed by atoms with van der Waals surface area (Å²) in [5.74, 6) is 2.48. The third-order valence-electron chi connectivity index (χ3n) is 6.57. The number of rotatable bonds is 6. The van der Waals surface area contributed by atoms with Crippen molar-refractivity contribution in [3.05, 3.63) is 34.9 Å². The summed E-state index contributed by atoms with van der Waals surface area (Å²) in [4.78, 5) is 12.8. The Hall–Kier alpha value is -0.630. The number of nitrogens with one attached hydrogen (secondary N) is 1. The Morgan fingerprint density at radius 3 is 2.62 bits per heavy atom. The van der Waals surface area contributed by atoms with Crippen molar-refractivity contribution in [3.63, 3.8) is 0 Å². The molecule has 29 heavy (non-hydrogen) atoms. The van der Waals surface area contributed by atoms with Gasteiger partial charge in [0, 0.05) is 21.5 Å². The predicted octanol–water partition coefficient (Wildman–Crippen LogP) is 6.55. The van der Waals surface area contributed by atoms with Crippen LogP contribution in [-0.4, -0.2) is 20.4 Å². The first-order valence-electron chi connectivity index (χ1n) is 10.1. The zero-order valence-corrected chi connectivity index (χ0v) is 20.0. The smallest absolute Gasteiger partial charge is 0.226 e. The molecule has 1 aromatic carbocycles. The van der Waals surface area contributed by atoms with Crippen molar-refractivity contribution in [1.29, 1.82) is 0 Å². The minimum Gasteiger partial charge on any atom is -0.300 e. The largest absolute Gasteiger partial charge is 0.300 e. The number of carbonyl (C=O) groups excluding carboxylic acids is 1. The number of benzene rings is 1. The summed E-state index contributed by atoms with van der Waals surface area (Å²) in [6.07, 6.45) is 8.11. The molecule has 4 aliphatic carbocycles. The van der Waals surface area contributed by atoms with Crippen molar-refractivity contribution in [2.75, 3.05) is 5.32 Å². The van der Waals surface area contributed by atoms with E-state index in [1.165, 1.54) is 49.0 Å². The van der Waals surface area contributed by atoms with Gasteiger partial charge in [0.1, 0.15) is 0 Å². The monoisotopic (exact) mass is 511 g/mol. The van der Waals surface area contributed by atoms with E-state index in [9.17, 15) is 4.79 Å². The van der Waals surface area contributed by atoms with Crippen molar-refractivity contribution >= 4 is 61.7 Å². The van der Waals surface area contributed by atoms with Crippen molar-refractivity contribution < 1.29 is 4.79 Å². The molecule has 0 radical (unpaired) electrons. The van der Waals surface area contributed by atoms with Gasteiger partial charge in [0.05, 0.1) is 0 Å². The average molecular weight is 513 g/mol. The molecular weight excluding hydrogens is 490 g/mol. The lowest BCUT2D eigenvalue weighted by molar-refractivity contribution is -0.123. The van der Waals surface area contributed by atoms with E-state index < -0.39 is 0 Å². The van der Waals surface area contributed by atoms with Gasteiger partial charge in [-0.15, -0.1) is 10.2 Å². The fourth-order valence-electron chi connectivity index (χ4n) is 6.09. The van der Waals surface area contributed by atoms with E-state index in [1.807, 2.05) is 24.3 Å². The van der Waals surface area contributed by atoms with Crippen LogP contribution in [0.15, 0.2) is 28.6 Å². The molecule has 1 aromatic heterocycles. The van der Waals surface area contributed by atoms with Crippen LogP contribution in [0.25, 0.3) is 0 Å². The summed E-state index contributed by atoms with van der Waals surface area (Å²) in [6, 6.07) is 7.82. The first-order chi connectivity index (χ1) is 13.9. The summed E-state index contributed by atoms with van der Waals surface area (Å²) in [6.45, 7) is 0. The maximum atomic E-state index is 12.8. The van der Waals surface area contributed by atoms with E-state index in [0.29, 0.717) is 11.6 Å². The van der Waals surface area contributed by atoms with Crippen LogP contribution in [0.5, 0.6) is 0 Å². The lowest BCUT2D eigenvalue weighted by Gasteiger charge is -2.60. The van der Waals surface area contributed by atoms with Gasteiger partial charge in [-0.05, 0) is 73.5 Å². The van der Waals surface area contributed by atoms with E-state index in [2.05, 4.69) is 31.4 Å². The van der Waals surface area contributed by atoms with Crippen LogP contribution in [0.3, 0.4) is 0 Å². The maximum Gasteiger partial charge on any atom is 0.226 e. The molecule has 0 aliphatic heterocycles. The standard InChI is InChI=1S/C21H23BrClN3OS2/c22-21-8-14-5-15(9-21)7-20(6-14,12-21)10-17(27)24-18-25-26-19(29-18)28-11-13-1-3-16(23)4-2-13/h1-4,14-15H,5-12H2,(H,24,25,27)/t14-,15+,20?,21?. The summed E-state index contributed by atoms with van der Waals surface area (Å²) in [5.41, 5.74) is 1.36. The molecule has 1 N–H and O–H groups in total. The lowest BCUT2D eigenvalue weighted by atomic mass is 9.48. The van der Waals surface area contributed by atoms with Crippen LogP contribution in [0.1, 0.15) is 50.5 Å². The van der Waals surface area contributed by atoms with E-state index in [0.717, 1.165) is 33.4 Å². The number of amides is 1. The SMILES string of the molecule is O=C(CC12C[C@@H]3C[C@@H](CC(Br)(C3)C1)C2)Nc1nnc(SCc2ccc(Cl)cc2)s1. The van der Waals surface area contributed by atoms with Crippen LogP contribution in [0.2, 0.25) is 5.02 Å². The first kappa shape index (κ1) is 20.3. The van der Waals surface area contributed by atoms with Crippen molar-refractivity contribution in [2.24, 2.45) is 17.3 Å². The highest BCUT2D eigenvalue weighted by Crippen LogP contribution is 2.65. The zero-order chi connectivity index (χ0) is 20.1. The van der Waals surface area contributed by atoms with Crippen LogP contribution in [-0.2, 0) is 10.5 Å². The Morgan fingerprint density at radius 1 is 1.21 bits per heavy atom. The molecule has 4 saturated carbocycles. The second-order valence-electron chi connectivity index (χ2n) is 9.13. The minimum absolute atomic E-state index is 0.0912. The van der Waals surface area contributed by atoms with Gasteiger partial charge in [-0.2, -0.15) is 0 Å². The molecular formula is C21H23BrClN3OS2. The molecule has 1 heterocycles. The van der Waals surface area contributed by atoms with Crippen molar-refractivity contribution in [3.8, 4) is 0 Å². The van der Waals surface area contributed by atoms with Crippen LogP contribution < -0.4 is 5.32 Å². The zero-order valence-electron chi connectivity index (χ0n) is 16.0. The van der Waals surface area contributed by atoms with Crippen molar-refractivity contribution in [2.45, 2.75) is 59.4 Å². The highest BCUT2D eigenvalue weighted by Gasteiger charge is 2.57. The number of anilines is 1. The Kier molecular flexibility index (Phi) is 5.46. The second kappa shape index (κ2) is 7.81. The van der Waals surface area contributed by atoms with Crippen molar-refractivity contribution in [1.82, 2.24) is 10.2 Å².